The lowest BCUT2D eigenvalue weighted by atomic mass is 9.92. The van der Waals surface area contributed by atoms with Gasteiger partial charge in [0.15, 0.2) is 0 Å². The van der Waals surface area contributed by atoms with Gasteiger partial charge in [0, 0.05) is 70.6 Å². The molecule has 4 nitrogen and oxygen atoms in total. The molecule has 10 aromatic rings. The van der Waals surface area contributed by atoms with Crippen LogP contribution in [0.2, 0.25) is 0 Å². The highest BCUT2D eigenvalue weighted by atomic mass is 14.7. The molecule has 0 aliphatic carbocycles. The quantitative estimate of drug-likeness (QED) is 0.185. The van der Waals surface area contributed by atoms with Crippen molar-refractivity contribution in [1.29, 1.82) is 0 Å². The number of benzene rings is 5. The Morgan fingerprint density at radius 1 is 0.241 bits per heavy atom. The first kappa shape index (κ1) is 31.4. The van der Waals surface area contributed by atoms with Gasteiger partial charge in [-0.25, -0.2) is 0 Å². The first-order valence-electron chi connectivity index (χ1n) is 18.1. The molecular formula is C50H32N4. The summed E-state index contributed by atoms with van der Waals surface area (Å²) in [6.07, 6.45) is 11.2. The van der Waals surface area contributed by atoms with E-state index in [1.54, 1.807) is 12.4 Å². The number of hydrogen-bond donors (Lipinski definition) is 0. The van der Waals surface area contributed by atoms with E-state index in [0.717, 1.165) is 44.8 Å². The predicted octanol–water partition coefficient (Wildman–Crippen LogP) is 12.8. The summed E-state index contributed by atoms with van der Waals surface area (Å²) < 4.78 is 0. The normalized spacial score (nSPS) is 11.3. The topological polar surface area (TPSA) is 51.6 Å². The Bertz CT molecular complexity index is 2800. The van der Waals surface area contributed by atoms with Gasteiger partial charge < -0.3 is 0 Å². The zero-order valence-corrected chi connectivity index (χ0v) is 29.3. The smallest absolute Gasteiger partial charge is 0.0702 e. The van der Waals surface area contributed by atoms with Gasteiger partial charge in [0.25, 0.3) is 0 Å². The molecule has 0 fully saturated rings. The van der Waals surface area contributed by atoms with Gasteiger partial charge >= 0.3 is 0 Å². The van der Waals surface area contributed by atoms with Gasteiger partial charge in [0.1, 0.15) is 0 Å². The number of rotatable bonds is 4. The van der Waals surface area contributed by atoms with E-state index < -0.39 is 0 Å². The number of nitrogens with zero attached hydrogens (tertiary/aromatic N) is 4. The summed E-state index contributed by atoms with van der Waals surface area (Å²) in [5, 5.41) is 11.8. The van der Waals surface area contributed by atoms with Crippen molar-refractivity contribution in [3.63, 3.8) is 0 Å². The van der Waals surface area contributed by atoms with E-state index >= 15 is 0 Å². The lowest BCUT2D eigenvalue weighted by Crippen LogP contribution is -1.88. The highest BCUT2D eigenvalue weighted by molar-refractivity contribution is 6.26. The first-order chi connectivity index (χ1) is 26.8. The van der Waals surface area contributed by atoms with Crippen molar-refractivity contribution >= 4 is 53.9 Å². The minimum Gasteiger partial charge on any atom is -0.264 e. The Morgan fingerprint density at radius 3 is 0.907 bits per heavy atom. The average Bonchev–Trinajstić information content (AvgIpc) is 3.26. The van der Waals surface area contributed by atoms with Crippen molar-refractivity contribution in [2.75, 3.05) is 0 Å². The summed E-state index contributed by atoms with van der Waals surface area (Å²) in [7, 11) is 0. The predicted molar refractivity (Wildman–Crippen MR) is 225 cm³/mol. The molecule has 4 heterocycles. The Labute approximate surface area is 312 Å². The third-order valence-electron chi connectivity index (χ3n) is 10.4. The minimum absolute atomic E-state index is 0.925. The summed E-state index contributed by atoms with van der Waals surface area (Å²) >= 11 is 0. The van der Waals surface area contributed by atoms with E-state index in [-0.39, 0.29) is 0 Å². The van der Waals surface area contributed by atoms with E-state index in [0.29, 0.717) is 0 Å². The SMILES string of the molecule is c1cncc(-c2ccc(-c3ccc4c5ccccc5c5ccc(-c6ccc(-c7cccnc7)cn6)cc5c5ccccc5c5ccccc5c4c3)nc2)c1. The van der Waals surface area contributed by atoms with Gasteiger partial charge in [0.05, 0.1) is 11.4 Å². The highest BCUT2D eigenvalue weighted by Gasteiger charge is 2.12. The van der Waals surface area contributed by atoms with Crippen LogP contribution in [0.15, 0.2) is 195 Å². The second-order valence-corrected chi connectivity index (χ2v) is 13.5. The third-order valence-corrected chi connectivity index (χ3v) is 10.4. The summed E-state index contributed by atoms with van der Waals surface area (Å²) in [4.78, 5) is 18.4. The maximum Gasteiger partial charge on any atom is 0.0702 e. The van der Waals surface area contributed by atoms with E-state index in [1.807, 2.05) is 36.9 Å². The molecule has 0 bridgehead atoms. The van der Waals surface area contributed by atoms with Crippen LogP contribution in [0, 0.1) is 0 Å². The second-order valence-electron chi connectivity index (χ2n) is 13.5. The molecule has 0 spiro atoms. The minimum atomic E-state index is 0.925. The monoisotopic (exact) mass is 688 g/mol. The van der Waals surface area contributed by atoms with Crippen LogP contribution in [0.25, 0.3) is 98.6 Å². The molecule has 0 unspecified atom stereocenters. The molecular weight excluding hydrogens is 657 g/mol. The van der Waals surface area contributed by atoms with Crippen LogP contribution < -0.4 is 0 Å². The largest absolute Gasteiger partial charge is 0.264 e. The second kappa shape index (κ2) is 13.4. The lowest BCUT2D eigenvalue weighted by Gasteiger charge is -2.12. The zero-order chi connectivity index (χ0) is 35.8. The molecule has 0 N–H and O–H groups in total. The molecule has 10 rings (SSSR count). The van der Waals surface area contributed by atoms with Crippen LogP contribution in [-0.2, 0) is 0 Å². The fraction of sp³-hybridized carbons (Fsp3) is 0. The molecule has 0 amide bonds. The van der Waals surface area contributed by atoms with E-state index in [1.165, 1.54) is 53.9 Å². The maximum absolute atomic E-state index is 4.93. The zero-order valence-electron chi connectivity index (χ0n) is 29.3. The van der Waals surface area contributed by atoms with Crippen LogP contribution >= 0.6 is 0 Å². The van der Waals surface area contributed by atoms with Crippen molar-refractivity contribution in [3.05, 3.63) is 195 Å². The number of pyridine rings is 4. The molecule has 6 aromatic carbocycles. The fourth-order valence-corrected chi connectivity index (χ4v) is 7.72. The van der Waals surface area contributed by atoms with Gasteiger partial charge in [-0.3, -0.25) is 19.9 Å². The van der Waals surface area contributed by atoms with Crippen molar-refractivity contribution < 1.29 is 0 Å². The fourth-order valence-electron chi connectivity index (χ4n) is 7.72. The molecule has 0 aliphatic rings. The summed E-state index contributed by atoms with van der Waals surface area (Å²) in [5.74, 6) is 0. The molecule has 4 aromatic heterocycles. The van der Waals surface area contributed by atoms with Gasteiger partial charge in [-0.1, -0.05) is 121 Å². The Balaban J connectivity index is 1.25. The van der Waals surface area contributed by atoms with Crippen molar-refractivity contribution in [1.82, 2.24) is 19.9 Å². The molecule has 0 saturated heterocycles. The van der Waals surface area contributed by atoms with Crippen molar-refractivity contribution in [2.24, 2.45) is 0 Å². The molecule has 4 heteroatoms. The molecule has 0 atom stereocenters. The summed E-state index contributed by atoms with van der Waals surface area (Å²) in [5.41, 5.74) is 8.17. The van der Waals surface area contributed by atoms with Gasteiger partial charge in [-0.15, -0.1) is 0 Å². The van der Waals surface area contributed by atoms with Crippen LogP contribution in [0.1, 0.15) is 0 Å². The molecule has 252 valence electrons. The van der Waals surface area contributed by atoms with Crippen molar-refractivity contribution in [2.45, 2.75) is 0 Å². The maximum atomic E-state index is 4.93. The molecule has 0 radical (unpaired) electrons. The Hall–Kier alpha value is -7.30. The Morgan fingerprint density at radius 2 is 0.574 bits per heavy atom. The van der Waals surface area contributed by atoms with Gasteiger partial charge in [-0.05, 0) is 90.3 Å². The number of hydrogen-bond acceptors (Lipinski definition) is 4. The summed E-state index contributed by atoms with van der Waals surface area (Å²) in [6, 6.07) is 56.4. The van der Waals surface area contributed by atoms with Crippen LogP contribution in [0.5, 0.6) is 0 Å². The summed E-state index contributed by atoms with van der Waals surface area (Å²) in [6.45, 7) is 0. The van der Waals surface area contributed by atoms with Crippen LogP contribution in [-0.4, -0.2) is 19.9 Å². The third kappa shape index (κ3) is 5.58. The molecule has 0 saturated carbocycles. The van der Waals surface area contributed by atoms with E-state index in [4.69, 9.17) is 9.97 Å². The van der Waals surface area contributed by atoms with Gasteiger partial charge in [-0.2, -0.15) is 0 Å². The van der Waals surface area contributed by atoms with E-state index in [2.05, 4.69) is 156 Å². The van der Waals surface area contributed by atoms with Gasteiger partial charge in [0.2, 0.25) is 0 Å². The standard InChI is InChI=1S/C50H32N4/c1-2-14-42-41(13-1)45-21-17-33(49-23-19-37(31-53-49)35-9-7-25-51-29-35)27-47(45)43-15-5-3-11-39(43)40-12-4-6-16-44(40)48-28-34(18-22-46(42)48)50-24-20-38(32-54-50)36-10-8-26-52-30-36/h1-32H. The molecule has 54 heavy (non-hydrogen) atoms. The highest BCUT2D eigenvalue weighted by Crippen LogP contribution is 2.38. The van der Waals surface area contributed by atoms with Crippen molar-refractivity contribution in [3.8, 4) is 44.8 Å². The average molecular weight is 689 g/mol. The lowest BCUT2D eigenvalue weighted by molar-refractivity contribution is 1.30. The van der Waals surface area contributed by atoms with E-state index in [9.17, 15) is 0 Å². The van der Waals surface area contributed by atoms with Crippen LogP contribution in [0.3, 0.4) is 0 Å². The molecule has 0 aliphatic heterocycles. The van der Waals surface area contributed by atoms with Crippen LogP contribution in [0.4, 0.5) is 0 Å². The Kier molecular flexibility index (Phi) is 7.77. The first-order valence-corrected chi connectivity index (χ1v) is 18.1. The number of aromatic nitrogens is 4. The number of fused-ring (bicyclic) bond motifs is 10.